The van der Waals surface area contributed by atoms with Crippen molar-refractivity contribution in [3.05, 3.63) is 34.5 Å². The maximum Gasteiger partial charge on any atom is 0.0524 e. The molecule has 1 aromatic heterocycles. The fourth-order valence-corrected chi connectivity index (χ4v) is 2.54. The Bertz CT molecular complexity index is 567. The molecule has 3 rings (SSSR count). The highest BCUT2D eigenvalue weighted by Gasteiger charge is 2.20. The highest BCUT2D eigenvalue weighted by Crippen LogP contribution is 2.28. The van der Waals surface area contributed by atoms with Crippen molar-refractivity contribution >= 4 is 22.5 Å². The molecule has 0 aliphatic heterocycles. The number of benzene rings is 1. The Kier molecular flexibility index (Phi) is 2.64. The quantitative estimate of drug-likeness (QED) is 0.881. The van der Waals surface area contributed by atoms with Crippen LogP contribution in [0.25, 0.3) is 10.9 Å². The molecule has 0 unspecified atom stereocenters. The minimum absolute atomic E-state index is 0.748. The van der Waals surface area contributed by atoms with Gasteiger partial charge in [0.25, 0.3) is 0 Å². The van der Waals surface area contributed by atoms with E-state index in [2.05, 4.69) is 36.0 Å². The number of aromatic nitrogens is 1. The van der Waals surface area contributed by atoms with Crippen LogP contribution in [0.3, 0.4) is 0 Å². The van der Waals surface area contributed by atoms with Gasteiger partial charge in [-0.15, -0.1) is 0 Å². The number of halogens is 1. The van der Waals surface area contributed by atoms with Gasteiger partial charge in [-0.25, -0.2) is 0 Å². The number of fused-ring (bicyclic) bond motifs is 1. The SMILES string of the molecule is Cc1c(Cl)ccc2cc(CNC3CC3)n(C)c12. The van der Waals surface area contributed by atoms with E-state index in [9.17, 15) is 0 Å². The average Bonchev–Trinajstić information content (AvgIpc) is 3.07. The Morgan fingerprint density at radius 2 is 2.18 bits per heavy atom. The number of nitrogens with one attached hydrogen (secondary N) is 1. The Morgan fingerprint density at radius 1 is 1.41 bits per heavy atom. The molecule has 0 spiro atoms. The lowest BCUT2D eigenvalue weighted by Crippen LogP contribution is -2.17. The van der Waals surface area contributed by atoms with Crippen molar-refractivity contribution in [1.82, 2.24) is 9.88 Å². The summed E-state index contributed by atoms with van der Waals surface area (Å²) in [4.78, 5) is 0. The summed E-state index contributed by atoms with van der Waals surface area (Å²) < 4.78 is 2.26. The van der Waals surface area contributed by atoms with Gasteiger partial charge in [0.05, 0.1) is 5.52 Å². The summed E-state index contributed by atoms with van der Waals surface area (Å²) in [6.45, 7) is 3.04. The fraction of sp³-hybridized carbons (Fsp3) is 0.429. The molecule has 0 bridgehead atoms. The summed E-state index contributed by atoms with van der Waals surface area (Å²) in [7, 11) is 2.12. The van der Waals surface area contributed by atoms with Gasteiger partial charge < -0.3 is 9.88 Å². The van der Waals surface area contributed by atoms with Crippen molar-refractivity contribution in [2.24, 2.45) is 7.05 Å². The predicted molar refractivity (Wildman–Crippen MR) is 72.5 cm³/mol. The summed E-state index contributed by atoms with van der Waals surface area (Å²) in [6.07, 6.45) is 2.66. The van der Waals surface area contributed by atoms with Crippen molar-refractivity contribution in [1.29, 1.82) is 0 Å². The van der Waals surface area contributed by atoms with Crippen molar-refractivity contribution in [2.45, 2.75) is 32.4 Å². The molecule has 17 heavy (non-hydrogen) atoms. The van der Waals surface area contributed by atoms with Crippen molar-refractivity contribution in [3.8, 4) is 0 Å². The standard InChI is InChI=1S/C14H17ClN2/c1-9-13(15)6-3-10-7-12(17(2)14(9)10)8-16-11-4-5-11/h3,6-7,11,16H,4-5,8H2,1-2H3. The van der Waals surface area contributed by atoms with E-state index in [0.29, 0.717) is 0 Å². The minimum Gasteiger partial charge on any atom is -0.346 e. The maximum atomic E-state index is 6.18. The monoisotopic (exact) mass is 248 g/mol. The molecular formula is C14H17ClN2. The van der Waals surface area contributed by atoms with E-state index < -0.39 is 0 Å². The number of hydrogen-bond donors (Lipinski definition) is 1. The largest absolute Gasteiger partial charge is 0.346 e. The van der Waals surface area contributed by atoms with Crippen LogP contribution in [0, 0.1) is 6.92 Å². The highest BCUT2D eigenvalue weighted by molar-refractivity contribution is 6.32. The van der Waals surface area contributed by atoms with E-state index in [1.807, 2.05) is 6.07 Å². The zero-order valence-corrected chi connectivity index (χ0v) is 11.0. The number of nitrogens with zero attached hydrogens (tertiary/aromatic N) is 1. The van der Waals surface area contributed by atoms with Gasteiger partial charge in [0.1, 0.15) is 0 Å². The first kappa shape index (κ1) is 11.1. The average molecular weight is 249 g/mol. The van der Waals surface area contributed by atoms with Crippen LogP contribution >= 0.6 is 11.6 Å². The normalized spacial score (nSPS) is 15.7. The van der Waals surface area contributed by atoms with E-state index >= 15 is 0 Å². The van der Waals surface area contributed by atoms with Crippen molar-refractivity contribution in [2.75, 3.05) is 0 Å². The van der Waals surface area contributed by atoms with Crippen LogP contribution in [0.4, 0.5) is 0 Å². The van der Waals surface area contributed by atoms with Gasteiger partial charge in [-0.2, -0.15) is 0 Å². The molecular weight excluding hydrogens is 232 g/mol. The lowest BCUT2D eigenvalue weighted by atomic mass is 10.1. The number of rotatable bonds is 3. The van der Waals surface area contributed by atoms with Crippen LogP contribution in [0.2, 0.25) is 5.02 Å². The Hall–Kier alpha value is -0.990. The highest BCUT2D eigenvalue weighted by atomic mass is 35.5. The fourth-order valence-electron chi connectivity index (χ4n) is 2.38. The Morgan fingerprint density at radius 3 is 2.88 bits per heavy atom. The van der Waals surface area contributed by atoms with Crippen LogP contribution in [0.15, 0.2) is 18.2 Å². The molecule has 1 heterocycles. The summed E-state index contributed by atoms with van der Waals surface area (Å²) in [5, 5.41) is 5.68. The molecule has 90 valence electrons. The minimum atomic E-state index is 0.748. The summed E-state index contributed by atoms with van der Waals surface area (Å²) in [6, 6.07) is 7.09. The molecule has 1 aliphatic rings. The van der Waals surface area contributed by atoms with Gasteiger partial charge in [0.15, 0.2) is 0 Å². The molecule has 1 fully saturated rings. The molecule has 0 amide bonds. The van der Waals surface area contributed by atoms with Gasteiger partial charge >= 0.3 is 0 Å². The molecule has 1 N–H and O–H groups in total. The van der Waals surface area contributed by atoms with Crippen molar-refractivity contribution in [3.63, 3.8) is 0 Å². The number of hydrogen-bond acceptors (Lipinski definition) is 1. The predicted octanol–water partition coefficient (Wildman–Crippen LogP) is 3.39. The lowest BCUT2D eigenvalue weighted by Gasteiger charge is -2.07. The first-order valence-electron chi connectivity index (χ1n) is 6.13. The summed E-state index contributed by atoms with van der Waals surface area (Å²) in [5.41, 5.74) is 3.76. The zero-order valence-electron chi connectivity index (χ0n) is 10.3. The third-order valence-electron chi connectivity index (χ3n) is 3.63. The zero-order chi connectivity index (χ0) is 12.0. The van der Waals surface area contributed by atoms with E-state index in [4.69, 9.17) is 11.6 Å². The topological polar surface area (TPSA) is 17.0 Å². The molecule has 2 nitrogen and oxygen atoms in total. The Labute approximate surface area is 107 Å². The van der Waals surface area contributed by atoms with Crippen LogP contribution in [0.5, 0.6) is 0 Å². The second kappa shape index (κ2) is 4.04. The first-order valence-corrected chi connectivity index (χ1v) is 6.51. The molecule has 2 aromatic rings. The number of aryl methyl sites for hydroxylation is 2. The van der Waals surface area contributed by atoms with Gasteiger partial charge in [-0.1, -0.05) is 17.7 Å². The first-order chi connectivity index (χ1) is 8.16. The maximum absolute atomic E-state index is 6.18. The van der Waals surface area contributed by atoms with Gasteiger partial charge in [-0.05, 0) is 37.5 Å². The van der Waals surface area contributed by atoms with E-state index in [0.717, 1.165) is 17.6 Å². The molecule has 0 radical (unpaired) electrons. The van der Waals surface area contributed by atoms with Gasteiger partial charge in [0.2, 0.25) is 0 Å². The van der Waals surface area contributed by atoms with Gasteiger partial charge in [0, 0.05) is 35.7 Å². The smallest absolute Gasteiger partial charge is 0.0524 e. The molecule has 3 heteroatoms. The Balaban J connectivity index is 2.01. The third-order valence-corrected chi connectivity index (χ3v) is 4.04. The van der Waals surface area contributed by atoms with Crippen LogP contribution in [-0.4, -0.2) is 10.6 Å². The third kappa shape index (κ3) is 1.96. The molecule has 1 aromatic carbocycles. The van der Waals surface area contributed by atoms with E-state index in [1.54, 1.807) is 0 Å². The lowest BCUT2D eigenvalue weighted by molar-refractivity contribution is 0.655. The van der Waals surface area contributed by atoms with E-state index in [1.165, 1.54) is 35.0 Å². The molecule has 1 saturated carbocycles. The molecule has 0 atom stereocenters. The van der Waals surface area contributed by atoms with Crippen LogP contribution in [0.1, 0.15) is 24.1 Å². The van der Waals surface area contributed by atoms with Crippen LogP contribution < -0.4 is 5.32 Å². The summed E-state index contributed by atoms with van der Waals surface area (Å²) in [5.74, 6) is 0. The van der Waals surface area contributed by atoms with Gasteiger partial charge in [-0.3, -0.25) is 0 Å². The van der Waals surface area contributed by atoms with Crippen molar-refractivity contribution < 1.29 is 0 Å². The summed E-state index contributed by atoms with van der Waals surface area (Å²) >= 11 is 6.18. The molecule has 1 aliphatic carbocycles. The second-order valence-corrected chi connectivity index (χ2v) is 5.37. The molecule has 0 saturated heterocycles. The van der Waals surface area contributed by atoms with Crippen LogP contribution in [-0.2, 0) is 13.6 Å². The second-order valence-electron chi connectivity index (χ2n) is 4.96. The van der Waals surface area contributed by atoms with E-state index in [-0.39, 0.29) is 0 Å².